The second-order valence-corrected chi connectivity index (χ2v) is 9.99. The van der Waals surface area contributed by atoms with E-state index in [1.54, 1.807) is 25.1 Å². The Morgan fingerprint density at radius 2 is 1.77 bits per heavy atom. The summed E-state index contributed by atoms with van der Waals surface area (Å²) in [6.45, 7) is 2.66. The van der Waals surface area contributed by atoms with Gasteiger partial charge in [0.1, 0.15) is 0 Å². The molecule has 0 unspecified atom stereocenters. The highest BCUT2D eigenvalue weighted by molar-refractivity contribution is 7.19. The molecule has 6 nitrogen and oxygen atoms in total. The fraction of sp³-hybridized carbons (Fsp3) is 0.522. The van der Waals surface area contributed by atoms with Crippen LogP contribution in [0.5, 0.6) is 5.75 Å². The lowest BCUT2D eigenvalue weighted by atomic mass is 9.86. The molecule has 8 heteroatoms. The number of carbonyl (C=O) groups is 2. The van der Waals surface area contributed by atoms with Gasteiger partial charge in [0, 0.05) is 0 Å². The minimum atomic E-state index is -0.710. The Hall–Kier alpha value is -2.12. The molecule has 0 bridgehead atoms. The number of carbonyl (C=O) groups excluding carboxylic acids is 2. The van der Waals surface area contributed by atoms with Gasteiger partial charge in [0.25, 0.3) is 0 Å². The number of rotatable bonds is 8. The molecule has 0 radical (unpaired) electrons. The summed E-state index contributed by atoms with van der Waals surface area (Å²) in [6, 6.07) is 5.23. The maximum atomic E-state index is 12.3. The average molecular weight is 464 g/mol. The normalized spacial score (nSPS) is 16.3. The molecule has 31 heavy (non-hydrogen) atoms. The standard InChI is InChI=1S/C23H26ClNO5S/c1-14-19(30-23(27)29-13-16-6-3-7-16)9-8-18(25-14)22-17(10-20(24)31-22)11-21(26)28-12-15-4-2-5-15/h8-10,15-16H,2-7,11-13H2,1H3. The number of ether oxygens (including phenoxy) is 3. The van der Waals surface area contributed by atoms with Crippen LogP contribution < -0.4 is 4.74 Å². The van der Waals surface area contributed by atoms with E-state index in [0.29, 0.717) is 46.5 Å². The van der Waals surface area contributed by atoms with Crippen molar-refractivity contribution in [2.45, 2.75) is 51.9 Å². The molecule has 0 amide bonds. The molecular formula is C23H26ClNO5S. The number of aromatic nitrogens is 1. The van der Waals surface area contributed by atoms with E-state index in [9.17, 15) is 9.59 Å². The first-order valence-electron chi connectivity index (χ1n) is 10.7. The quantitative estimate of drug-likeness (QED) is 0.449. The lowest BCUT2D eigenvalue weighted by molar-refractivity contribution is -0.145. The van der Waals surface area contributed by atoms with E-state index in [0.717, 1.165) is 36.1 Å². The van der Waals surface area contributed by atoms with E-state index < -0.39 is 6.16 Å². The van der Waals surface area contributed by atoms with Crippen molar-refractivity contribution in [1.82, 2.24) is 4.98 Å². The van der Waals surface area contributed by atoms with Crippen LogP contribution in [0.1, 0.15) is 49.8 Å². The molecule has 2 fully saturated rings. The maximum Gasteiger partial charge on any atom is 0.513 e. The third-order valence-electron chi connectivity index (χ3n) is 5.94. The Balaban J connectivity index is 1.38. The van der Waals surface area contributed by atoms with E-state index in [2.05, 4.69) is 4.98 Å². The molecule has 2 aliphatic rings. The van der Waals surface area contributed by atoms with Gasteiger partial charge in [0.15, 0.2) is 5.75 Å². The second-order valence-electron chi connectivity index (χ2n) is 8.30. The SMILES string of the molecule is Cc1nc(-c2sc(Cl)cc2CC(=O)OCC2CCC2)ccc1OC(=O)OCC1CCC1. The number of hydrogen-bond donors (Lipinski definition) is 0. The predicted octanol–water partition coefficient (Wildman–Crippen LogP) is 5.97. The molecule has 2 aliphatic carbocycles. The minimum Gasteiger partial charge on any atom is -0.465 e. The molecule has 4 rings (SSSR count). The van der Waals surface area contributed by atoms with Crippen LogP contribution in [0.25, 0.3) is 10.6 Å². The number of nitrogens with zero attached hydrogens (tertiary/aromatic N) is 1. The van der Waals surface area contributed by atoms with Crippen LogP contribution in [0, 0.1) is 18.8 Å². The Kier molecular flexibility index (Phi) is 7.13. The van der Waals surface area contributed by atoms with Crippen LogP contribution in [0.2, 0.25) is 4.34 Å². The molecule has 0 N–H and O–H groups in total. The zero-order chi connectivity index (χ0) is 21.8. The zero-order valence-electron chi connectivity index (χ0n) is 17.5. The molecule has 0 spiro atoms. The van der Waals surface area contributed by atoms with Gasteiger partial charge in [0.05, 0.1) is 40.2 Å². The molecule has 2 saturated carbocycles. The highest BCUT2D eigenvalue weighted by atomic mass is 35.5. The fourth-order valence-corrected chi connectivity index (χ4v) is 4.81. The molecule has 166 valence electrons. The van der Waals surface area contributed by atoms with E-state index in [1.165, 1.54) is 24.2 Å². The van der Waals surface area contributed by atoms with Gasteiger partial charge in [-0.2, -0.15) is 0 Å². The third kappa shape index (κ3) is 5.77. The lowest BCUT2D eigenvalue weighted by Gasteiger charge is -2.24. The van der Waals surface area contributed by atoms with Crippen LogP contribution in [0.3, 0.4) is 0 Å². The zero-order valence-corrected chi connectivity index (χ0v) is 19.1. The predicted molar refractivity (Wildman–Crippen MR) is 119 cm³/mol. The van der Waals surface area contributed by atoms with Gasteiger partial charge < -0.3 is 14.2 Å². The molecule has 0 saturated heterocycles. The smallest absolute Gasteiger partial charge is 0.465 e. The second kappa shape index (κ2) is 10.0. The number of pyridine rings is 1. The van der Waals surface area contributed by atoms with E-state index in [4.69, 9.17) is 25.8 Å². The Morgan fingerprint density at radius 3 is 2.39 bits per heavy atom. The van der Waals surface area contributed by atoms with Gasteiger partial charge >= 0.3 is 12.1 Å². The molecule has 2 heterocycles. The number of hydrogen-bond acceptors (Lipinski definition) is 7. The van der Waals surface area contributed by atoms with Crippen LogP contribution in [-0.4, -0.2) is 30.3 Å². The Morgan fingerprint density at radius 1 is 1.10 bits per heavy atom. The maximum absolute atomic E-state index is 12.3. The van der Waals surface area contributed by atoms with Crippen LogP contribution >= 0.6 is 22.9 Å². The fourth-order valence-electron chi connectivity index (χ4n) is 3.57. The van der Waals surface area contributed by atoms with Gasteiger partial charge in [-0.25, -0.2) is 9.78 Å². The van der Waals surface area contributed by atoms with Crippen molar-refractivity contribution in [3.8, 4) is 16.3 Å². The monoisotopic (exact) mass is 463 g/mol. The lowest BCUT2D eigenvalue weighted by Crippen LogP contribution is -2.22. The summed E-state index contributed by atoms with van der Waals surface area (Å²) in [7, 11) is 0. The minimum absolute atomic E-state index is 0.151. The Bertz CT molecular complexity index is 951. The summed E-state index contributed by atoms with van der Waals surface area (Å²) in [5, 5.41) is 0. The first kappa shape index (κ1) is 22.1. The van der Waals surface area contributed by atoms with Crippen molar-refractivity contribution in [3.63, 3.8) is 0 Å². The average Bonchev–Trinajstić information content (AvgIpc) is 3.01. The van der Waals surface area contributed by atoms with Crippen molar-refractivity contribution < 1.29 is 23.8 Å². The molecule has 0 atom stereocenters. The van der Waals surface area contributed by atoms with Crippen molar-refractivity contribution in [1.29, 1.82) is 0 Å². The molecule has 2 aromatic rings. The summed E-state index contributed by atoms with van der Waals surface area (Å²) < 4.78 is 16.5. The summed E-state index contributed by atoms with van der Waals surface area (Å²) in [5.41, 5.74) is 2.02. The first-order chi connectivity index (χ1) is 15.0. The third-order valence-corrected chi connectivity index (χ3v) is 7.27. The molecular weight excluding hydrogens is 438 g/mol. The summed E-state index contributed by atoms with van der Waals surface area (Å²) in [5.74, 6) is 1.06. The number of halogens is 1. The summed E-state index contributed by atoms with van der Waals surface area (Å²) in [6.07, 6.45) is 6.32. The van der Waals surface area contributed by atoms with Crippen molar-refractivity contribution in [2.75, 3.05) is 13.2 Å². The van der Waals surface area contributed by atoms with E-state index in [1.807, 2.05) is 0 Å². The van der Waals surface area contributed by atoms with Crippen LogP contribution in [0.4, 0.5) is 4.79 Å². The number of aryl methyl sites for hydroxylation is 1. The van der Waals surface area contributed by atoms with Crippen LogP contribution in [0.15, 0.2) is 18.2 Å². The number of esters is 1. The summed E-state index contributed by atoms with van der Waals surface area (Å²) >= 11 is 7.59. The van der Waals surface area contributed by atoms with Crippen molar-refractivity contribution in [2.24, 2.45) is 11.8 Å². The highest BCUT2D eigenvalue weighted by Crippen LogP contribution is 2.36. The van der Waals surface area contributed by atoms with Crippen molar-refractivity contribution in [3.05, 3.63) is 33.8 Å². The molecule has 0 aromatic carbocycles. The summed E-state index contributed by atoms with van der Waals surface area (Å²) in [4.78, 5) is 29.6. The molecule has 0 aliphatic heterocycles. The van der Waals surface area contributed by atoms with E-state index in [-0.39, 0.29) is 12.4 Å². The topological polar surface area (TPSA) is 74.7 Å². The van der Waals surface area contributed by atoms with Gasteiger partial charge in [-0.1, -0.05) is 24.4 Å². The number of thiophene rings is 1. The largest absolute Gasteiger partial charge is 0.513 e. The van der Waals surface area contributed by atoms with Gasteiger partial charge in [-0.05, 0) is 68.2 Å². The van der Waals surface area contributed by atoms with Crippen LogP contribution in [-0.2, 0) is 20.7 Å². The van der Waals surface area contributed by atoms with Gasteiger partial charge in [-0.3, -0.25) is 4.79 Å². The molecule has 2 aromatic heterocycles. The van der Waals surface area contributed by atoms with Gasteiger partial charge in [0.2, 0.25) is 0 Å². The Labute approximate surface area is 190 Å². The van der Waals surface area contributed by atoms with E-state index >= 15 is 0 Å². The van der Waals surface area contributed by atoms with Gasteiger partial charge in [-0.15, -0.1) is 11.3 Å². The first-order valence-corrected chi connectivity index (χ1v) is 11.9. The highest BCUT2D eigenvalue weighted by Gasteiger charge is 2.22. The van der Waals surface area contributed by atoms with Crippen molar-refractivity contribution >= 4 is 35.1 Å².